The Hall–Kier alpha value is -0.610. The molecule has 1 aliphatic rings. The molecule has 0 spiro atoms. The van der Waals surface area contributed by atoms with Crippen LogP contribution >= 0.6 is 0 Å². The summed E-state index contributed by atoms with van der Waals surface area (Å²) in [6, 6.07) is 0.490. The number of nitrogens with zero attached hydrogens (tertiary/aromatic N) is 1. The van der Waals surface area contributed by atoms with Crippen molar-refractivity contribution in [2.45, 2.75) is 58.5 Å². The predicted octanol–water partition coefficient (Wildman–Crippen LogP) is 2.04. The van der Waals surface area contributed by atoms with Gasteiger partial charge in [-0.2, -0.15) is 0 Å². The van der Waals surface area contributed by atoms with Gasteiger partial charge in [0.1, 0.15) is 5.54 Å². The lowest BCUT2D eigenvalue weighted by Crippen LogP contribution is -2.50. The van der Waals surface area contributed by atoms with Gasteiger partial charge < -0.3 is 15.0 Å². The molecule has 0 saturated heterocycles. The zero-order chi connectivity index (χ0) is 14.5. The number of hydrogen-bond donors (Lipinski definition) is 1. The summed E-state index contributed by atoms with van der Waals surface area (Å²) in [5, 5.41) is 3.22. The fourth-order valence-corrected chi connectivity index (χ4v) is 3.12. The third kappa shape index (κ3) is 3.93. The van der Waals surface area contributed by atoms with E-state index in [4.69, 9.17) is 4.74 Å². The highest BCUT2D eigenvalue weighted by Gasteiger charge is 2.46. The van der Waals surface area contributed by atoms with Gasteiger partial charge in [0.2, 0.25) is 0 Å². The maximum absolute atomic E-state index is 12.2. The van der Waals surface area contributed by atoms with Crippen molar-refractivity contribution in [3.8, 4) is 0 Å². The lowest BCUT2D eigenvalue weighted by atomic mass is 9.97. The zero-order valence-electron chi connectivity index (χ0n) is 13.2. The van der Waals surface area contributed by atoms with Crippen molar-refractivity contribution >= 4 is 5.97 Å². The summed E-state index contributed by atoms with van der Waals surface area (Å²) in [6.45, 7) is 11.2. The van der Waals surface area contributed by atoms with Crippen molar-refractivity contribution in [1.29, 1.82) is 0 Å². The van der Waals surface area contributed by atoms with Crippen LogP contribution in [0.4, 0.5) is 0 Å². The average molecular weight is 270 g/mol. The molecule has 2 atom stereocenters. The summed E-state index contributed by atoms with van der Waals surface area (Å²) in [7, 11) is 1.87. The number of likely N-dealkylation sites (N-methyl/N-ethyl adjacent to an activating group) is 1. The normalized spacial score (nSPS) is 27.2. The van der Waals surface area contributed by atoms with Gasteiger partial charge in [-0.25, -0.2) is 0 Å². The Kier molecular flexibility index (Phi) is 6.27. The molecule has 0 aliphatic heterocycles. The van der Waals surface area contributed by atoms with Crippen LogP contribution in [0.2, 0.25) is 0 Å². The van der Waals surface area contributed by atoms with E-state index in [-0.39, 0.29) is 5.97 Å². The first kappa shape index (κ1) is 16.4. The summed E-state index contributed by atoms with van der Waals surface area (Å²) in [5.41, 5.74) is -0.467. The van der Waals surface area contributed by atoms with E-state index in [0.717, 1.165) is 32.4 Å². The number of nitrogens with one attached hydrogen (secondary N) is 1. The second-order valence-corrected chi connectivity index (χ2v) is 5.93. The first-order valence-electron chi connectivity index (χ1n) is 7.59. The van der Waals surface area contributed by atoms with E-state index < -0.39 is 5.54 Å². The van der Waals surface area contributed by atoms with Crippen LogP contribution in [0.1, 0.15) is 47.0 Å². The molecule has 2 unspecified atom stereocenters. The van der Waals surface area contributed by atoms with E-state index in [9.17, 15) is 4.79 Å². The topological polar surface area (TPSA) is 41.6 Å². The minimum Gasteiger partial charge on any atom is -0.465 e. The summed E-state index contributed by atoms with van der Waals surface area (Å²) < 4.78 is 5.24. The van der Waals surface area contributed by atoms with Crippen LogP contribution in [0.25, 0.3) is 0 Å². The van der Waals surface area contributed by atoms with E-state index in [1.165, 1.54) is 0 Å². The van der Waals surface area contributed by atoms with Gasteiger partial charge in [0.15, 0.2) is 0 Å². The Morgan fingerprint density at radius 1 is 1.47 bits per heavy atom. The van der Waals surface area contributed by atoms with Gasteiger partial charge in [0.25, 0.3) is 0 Å². The minimum absolute atomic E-state index is 0.0828. The molecule has 1 saturated carbocycles. The summed E-state index contributed by atoms with van der Waals surface area (Å²) in [4.78, 5) is 14.7. The molecular formula is C15H30N2O2. The van der Waals surface area contributed by atoms with Crippen LogP contribution < -0.4 is 5.32 Å². The SMILES string of the molecule is CCOC(=O)C1(NC)CCC(N(CC)CC(C)C)C1. The Labute approximate surface area is 117 Å². The van der Waals surface area contributed by atoms with Crippen molar-refractivity contribution in [3.05, 3.63) is 0 Å². The number of ether oxygens (including phenoxy) is 1. The number of rotatable bonds is 7. The number of carbonyl (C=O) groups is 1. The average Bonchev–Trinajstić information content (AvgIpc) is 2.81. The number of carbonyl (C=O) groups excluding carboxylic acids is 1. The Balaban J connectivity index is 2.70. The third-order valence-electron chi connectivity index (χ3n) is 4.16. The van der Waals surface area contributed by atoms with Crippen LogP contribution in [0.15, 0.2) is 0 Å². The molecule has 0 aromatic rings. The monoisotopic (exact) mass is 270 g/mol. The van der Waals surface area contributed by atoms with Crippen molar-refractivity contribution in [2.24, 2.45) is 5.92 Å². The van der Waals surface area contributed by atoms with Gasteiger partial charge in [-0.1, -0.05) is 20.8 Å². The Morgan fingerprint density at radius 2 is 2.16 bits per heavy atom. The third-order valence-corrected chi connectivity index (χ3v) is 4.16. The highest BCUT2D eigenvalue weighted by molar-refractivity contribution is 5.81. The predicted molar refractivity (Wildman–Crippen MR) is 78.1 cm³/mol. The van der Waals surface area contributed by atoms with E-state index >= 15 is 0 Å². The van der Waals surface area contributed by atoms with Crippen LogP contribution in [0.5, 0.6) is 0 Å². The molecule has 0 heterocycles. The van der Waals surface area contributed by atoms with E-state index in [1.54, 1.807) is 0 Å². The first-order valence-corrected chi connectivity index (χ1v) is 7.59. The molecule has 0 aromatic heterocycles. The molecule has 4 heteroatoms. The fraction of sp³-hybridized carbons (Fsp3) is 0.933. The molecule has 4 nitrogen and oxygen atoms in total. The summed E-state index contributed by atoms with van der Waals surface area (Å²) in [6.07, 6.45) is 2.81. The highest BCUT2D eigenvalue weighted by atomic mass is 16.5. The van der Waals surface area contributed by atoms with Crippen molar-refractivity contribution in [1.82, 2.24) is 10.2 Å². The second kappa shape index (κ2) is 7.25. The van der Waals surface area contributed by atoms with Gasteiger partial charge in [0, 0.05) is 12.6 Å². The van der Waals surface area contributed by atoms with Crippen molar-refractivity contribution < 1.29 is 9.53 Å². The van der Waals surface area contributed by atoms with Crippen molar-refractivity contribution in [2.75, 3.05) is 26.7 Å². The molecular weight excluding hydrogens is 240 g/mol. The maximum atomic E-state index is 12.2. The molecule has 112 valence electrons. The maximum Gasteiger partial charge on any atom is 0.326 e. The second-order valence-electron chi connectivity index (χ2n) is 5.93. The lowest BCUT2D eigenvalue weighted by Gasteiger charge is -2.31. The Bertz CT molecular complexity index is 294. The van der Waals surface area contributed by atoms with Crippen LogP contribution in [0, 0.1) is 5.92 Å². The number of esters is 1. The molecule has 19 heavy (non-hydrogen) atoms. The van der Waals surface area contributed by atoms with E-state index in [1.807, 2.05) is 14.0 Å². The molecule has 1 rings (SSSR count). The molecule has 0 bridgehead atoms. The molecule has 1 aliphatic carbocycles. The molecule has 1 fully saturated rings. The van der Waals surface area contributed by atoms with E-state index in [2.05, 4.69) is 31.0 Å². The van der Waals surface area contributed by atoms with E-state index in [0.29, 0.717) is 18.6 Å². The molecule has 0 amide bonds. The summed E-state index contributed by atoms with van der Waals surface area (Å²) >= 11 is 0. The number of hydrogen-bond acceptors (Lipinski definition) is 4. The van der Waals surface area contributed by atoms with Gasteiger partial charge in [0.05, 0.1) is 6.61 Å². The van der Waals surface area contributed by atoms with Crippen LogP contribution in [-0.2, 0) is 9.53 Å². The van der Waals surface area contributed by atoms with Gasteiger partial charge in [-0.15, -0.1) is 0 Å². The standard InChI is InChI=1S/C15H30N2O2/c1-6-17(11-12(3)4)13-8-9-15(10-13,16-5)14(18)19-7-2/h12-13,16H,6-11H2,1-5H3. The smallest absolute Gasteiger partial charge is 0.326 e. The highest BCUT2D eigenvalue weighted by Crippen LogP contribution is 2.34. The molecule has 1 N–H and O–H groups in total. The first-order chi connectivity index (χ1) is 8.99. The van der Waals surface area contributed by atoms with Crippen LogP contribution in [-0.4, -0.2) is 49.2 Å². The van der Waals surface area contributed by atoms with Crippen molar-refractivity contribution in [3.63, 3.8) is 0 Å². The van der Waals surface area contributed by atoms with Gasteiger partial charge >= 0.3 is 5.97 Å². The van der Waals surface area contributed by atoms with Crippen LogP contribution in [0.3, 0.4) is 0 Å². The Morgan fingerprint density at radius 3 is 2.63 bits per heavy atom. The zero-order valence-corrected chi connectivity index (χ0v) is 13.2. The largest absolute Gasteiger partial charge is 0.465 e. The fourth-order valence-electron chi connectivity index (χ4n) is 3.12. The molecule has 0 radical (unpaired) electrons. The lowest BCUT2D eigenvalue weighted by molar-refractivity contribution is -0.151. The van der Waals surface area contributed by atoms with Gasteiger partial charge in [-0.3, -0.25) is 4.79 Å². The summed E-state index contributed by atoms with van der Waals surface area (Å²) in [5.74, 6) is 0.577. The minimum atomic E-state index is -0.467. The molecule has 0 aromatic carbocycles. The quantitative estimate of drug-likeness (QED) is 0.719. The van der Waals surface area contributed by atoms with Gasteiger partial charge in [-0.05, 0) is 45.7 Å².